The molecule has 0 aromatic carbocycles. The summed E-state index contributed by atoms with van der Waals surface area (Å²) in [7, 11) is 1.26. The van der Waals surface area contributed by atoms with Crippen molar-refractivity contribution in [3.05, 3.63) is 17.5 Å². The van der Waals surface area contributed by atoms with Crippen molar-refractivity contribution in [3.63, 3.8) is 0 Å². The first-order chi connectivity index (χ1) is 6.45. The highest BCUT2D eigenvalue weighted by Gasteiger charge is 2.34. The maximum Gasteiger partial charge on any atom is 0.433 e. The average molecular weight is 208 g/mol. The molecule has 0 saturated carbocycles. The number of aliphatic hydroxyl groups excluding tert-OH is 1. The Morgan fingerprint density at radius 3 is 2.57 bits per heavy atom. The van der Waals surface area contributed by atoms with Crippen LogP contribution >= 0.6 is 0 Å². The molecule has 0 aliphatic heterocycles. The van der Waals surface area contributed by atoms with Crippen LogP contribution in [0.1, 0.15) is 17.8 Å². The van der Waals surface area contributed by atoms with Crippen LogP contribution in [0.25, 0.3) is 0 Å². The van der Waals surface area contributed by atoms with E-state index in [1.165, 1.54) is 7.05 Å². The third-order valence-electron chi connectivity index (χ3n) is 1.81. The van der Waals surface area contributed by atoms with Crippen molar-refractivity contribution in [1.82, 2.24) is 9.78 Å². The molecule has 1 heterocycles. The van der Waals surface area contributed by atoms with Crippen LogP contribution in [0.5, 0.6) is 0 Å². The molecule has 80 valence electrons. The minimum atomic E-state index is -4.36. The van der Waals surface area contributed by atoms with Gasteiger partial charge in [0.2, 0.25) is 0 Å². The highest BCUT2D eigenvalue weighted by molar-refractivity contribution is 5.13. The molecule has 6 heteroatoms. The largest absolute Gasteiger partial charge is 0.433 e. The maximum absolute atomic E-state index is 12.3. The fourth-order valence-corrected chi connectivity index (χ4v) is 1.17. The summed E-state index contributed by atoms with van der Waals surface area (Å²) in [5.74, 6) is 0. The Balaban J connectivity index is 2.83. The van der Waals surface area contributed by atoms with Gasteiger partial charge >= 0.3 is 6.18 Å². The summed E-state index contributed by atoms with van der Waals surface area (Å²) >= 11 is 0. The SMILES string of the molecule is Cn1nc(CCCO)cc1C(F)(F)F. The van der Waals surface area contributed by atoms with Crippen molar-refractivity contribution >= 4 is 0 Å². The van der Waals surface area contributed by atoms with Gasteiger partial charge in [0.05, 0.1) is 5.69 Å². The summed E-state index contributed by atoms with van der Waals surface area (Å²) in [4.78, 5) is 0. The lowest BCUT2D eigenvalue weighted by Gasteiger charge is -2.04. The molecule has 0 fully saturated rings. The Kier molecular flexibility index (Phi) is 3.15. The Labute approximate surface area is 79.2 Å². The predicted octanol–water partition coefficient (Wildman–Crippen LogP) is 1.36. The number of rotatable bonds is 3. The molecule has 0 amide bonds. The second-order valence-electron chi connectivity index (χ2n) is 2.97. The van der Waals surface area contributed by atoms with Gasteiger partial charge in [0.25, 0.3) is 0 Å². The smallest absolute Gasteiger partial charge is 0.396 e. The number of aryl methyl sites for hydroxylation is 2. The highest BCUT2D eigenvalue weighted by Crippen LogP contribution is 2.29. The van der Waals surface area contributed by atoms with Crippen LogP contribution < -0.4 is 0 Å². The summed E-state index contributed by atoms with van der Waals surface area (Å²) in [6.45, 7) is -0.0437. The van der Waals surface area contributed by atoms with Crippen molar-refractivity contribution in [2.24, 2.45) is 7.05 Å². The van der Waals surface area contributed by atoms with E-state index in [1.807, 2.05) is 0 Å². The summed E-state index contributed by atoms with van der Waals surface area (Å²) in [5, 5.41) is 12.2. The van der Waals surface area contributed by atoms with E-state index in [1.54, 1.807) is 0 Å². The molecular formula is C8H11F3N2O. The van der Waals surface area contributed by atoms with Crippen molar-refractivity contribution < 1.29 is 18.3 Å². The van der Waals surface area contributed by atoms with Crippen LogP contribution in [0.15, 0.2) is 6.07 Å². The number of hydrogen-bond acceptors (Lipinski definition) is 2. The van der Waals surface area contributed by atoms with Gasteiger partial charge < -0.3 is 5.11 Å². The second-order valence-corrected chi connectivity index (χ2v) is 2.97. The lowest BCUT2D eigenvalue weighted by atomic mass is 10.2. The number of halogens is 3. The Morgan fingerprint density at radius 2 is 2.14 bits per heavy atom. The Hall–Kier alpha value is -1.04. The minimum absolute atomic E-state index is 0.0437. The Bertz CT molecular complexity index is 306. The second kappa shape index (κ2) is 4.00. The molecular weight excluding hydrogens is 197 g/mol. The molecule has 0 atom stereocenters. The summed E-state index contributed by atoms with van der Waals surface area (Å²) in [6.07, 6.45) is -3.58. The van der Waals surface area contributed by atoms with Crippen LogP contribution in [0.2, 0.25) is 0 Å². The topological polar surface area (TPSA) is 38.0 Å². The van der Waals surface area contributed by atoms with Gasteiger partial charge in [-0.3, -0.25) is 4.68 Å². The van der Waals surface area contributed by atoms with Gasteiger partial charge in [-0.1, -0.05) is 0 Å². The van der Waals surface area contributed by atoms with Gasteiger partial charge in [-0.05, 0) is 18.9 Å². The van der Waals surface area contributed by atoms with Crippen LogP contribution in [-0.4, -0.2) is 21.5 Å². The van der Waals surface area contributed by atoms with Gasteiger partial charge in [-0.15, -0.1) is 0 Å². The zero-order chi connectivity index (χ0) is 10.8. The monoisotopic (exact) mass is 208 g/mol. The zero-order valence-corrected chi connectivity index (χ0v) is 7.67. The third-order valence-corrected chi connectivity index (χ3v) is 1.81. The van der Waals surface area contributed by atoms with E-state index in [9.17, 15) is 13.2 Å². The molecule has 1 aromatic heterocycles. The molecule has 0 aliphatic rings. The van der Waals surface area contributed by atoms with Crippen molar-refractivity contribution in [2.45, 2.75) is 19.0 Å². The summed E-state index contributed by atoms with van der Waals surface area (Å²) in [5.41, 5.74) is -0.403. The van der Waals surface area contributed by atoms with Gasteiger partial charge in [-0.2, -0.15) is 18.3 Å². The molecule has 0 radical (unpaired) electrons. The van der Waals surface area contributed by atoms with E-state index >= 15 is 0 Å². The number of alkyl halides is 3. The van der Waals surface area contributed by atoms with Crippen LogP contribution in [0.4, 0.5) is 13.2 Å². The summed E-state index contributed by atoms with van der Waals surface area (Å²) < 4.78 is 37.6. The van der Waals surface area contributed by atoms with Gasteiger partial charge in [0.1, 0.15) is 5.69 Å². The van der Waals surface area contributed by atoms with E-state index in [0.29, 0.717) is 18.5 Å². The van der Waals surface area contributed by atoms with Gasteiger partial charge in [-0.25, -0.2) is 0 Å². The van der Waals surface area contributed by atoms with Crippen LogP contribution in [-0.2, 0) is 19.6 Å². The van der Waals surface area contributed by atoms with E-state index in [2.05, 4.69) is 5.10 Å². The lowest BCUT2D eigenvalue weighted by Crippen LogP contribution is -2.11. The summed E-state index contributed by atoms with van der Waals surface area (Å²) in [6, 6.07) is 1.01. The van der Waals surface area contributed by atoms with Crippen molar-refractivity contribution in [3.8, 4) is 0 Å². The number of nitrogens with zero attached hydrogens (tertiary/aromatic N) is 2. The first kappa shape index (κ1) is 11.0. The van der Waals surface area contributed by atoms with E-state index < -0.39 is 11.9 Å². The standard InChI is InChI=1S/C8H11F3N2O/c1-13-7(8(9,10)11)5-6(12-13)3-2-4-14/h5,14H,2-4H2,1H3. The molecule has 0 spiro atoms. The normalized spacial score (nSPS) is 12.1. The average Bonchev–Trinajstić information content (AvgIpc) is 2.42. The lowest BCUT2D eigenvalue weighted by molar-refractivity contribution is -0.143. The molecule has 1 N–H and O–H groups in total. The predicted molar refractivity (Wildman–Crippen MR) is 43.6 cm³/mol. The van der Waals surface area contributed by atoms with Gasteiger partial charge in [0.15, 0.2) is 0 Å². The van der Waals surface area contributed by atoms with E-state index in [4.69, 9.17) is 5.11 Å². The number of hydrogen-bond donors (Lipinski definition) is 1. The molecule has 0 bridgehead atoms. The molecule has 0 saturated heterocycles. The molecule has 0 aliphatic carbocycles. The minimum Gasteiger partial charge on any atom is -0.396 e. The highest BCUT2D eigenvalue weighted by atomic mass is 19.4. The molecule has 1 aromatic rings. The quantitative estimate of drug-likeness (QED) is 0.814. The fourth-order valence-electron chi connectivity index (χ4n) is 1.17. The fraction of sp³-hybridized carbons (Fsp3) is 0.625. The van der Waals surface area contributed by atoms with Crippen LogP contribution in [0.3, 0.4) is 0 Å². The molecule has 3 nitrogen and oxygen atoms in total. The Morgan fingerprint density at radius 1 is 1.50 bits per heavy atom. The number of aliphatic hydroxyl groups is 1. The first-order valence-electron chi connectivity index (χ1n) is 4.16. The van der Waals surface area contributed by atoms with Crippen molar-refractivity contribution in [1.29, 1.82) is 0 Å². The maximum atomic E-state index is 12.3. The third kappa shape index (κ3) is 2.47. The first-order valence-corrected chi connectivity index (χ1v) is 4.16. The van der Waals surface area contributed by atoms with Crippen LogP contribution in [0, 0.1) is 0 Å². The molecule has 0 unspecified atom stereocenters. The molecule has 1 rings (SSSR count). The van der Waals surface area contributed by atoms with Gasteiger partial charge in [0, 0.05) is 13.7 Å². The molecule has 14 heavy (non-hydrogen) atoms. The zero-order valence-electron chi connectivity index (χ0n) is 7.67. The van der Waals surface area contributed by atoms with Crippen molar-refractivity contribution in [2.75, 3.05) is 6.61 Å². The van der Waals surface area contributed by atoms with E-state index in [0.717, 1.165) is 10.7 Å². The number of aromatic nitrogens is 2. The van der Waals surface area contributed by atoms with E-state index in [-0.39, 0.29) is 6.61 Å².